The Kier molecular flexibility index (Phi) is 4.40. The van der Waals surface area contributed by atoms with Gasteiger partial charge in [-0.25, -0.2) is 0 Å². The largest absolute Gasteiger partial charge is 0.390 e. The van der Waals surface area contributed by atoms with Gasteiger partial charge in [-0.2, -0.15) is 0 Å². The van der Waals surface area contributed by atoms with Gasteiger partial charge in [0.25, 0.3) is 0 Å². The zero-order valence-electron chi connectivity index (χ0n) is 10.0. The van der Waals surface area contributed by atoms with E-state index in [2.05, 4.69) is 32.7 Å². The number of hydrogen-bond acceptors (Lipinski definition) is 2. The van der Waals surface area contributed by atoms with E-state index in [1.165, 1.54) is 0 Å². The van der Waals surface area contributed by atoms with Gasteiger partial charge in [-0.3, -0.25) is 0 Å². The Bertz CT molecular complexity index is 147. The highest BCUT2D eigenvalue weighted by molar-refractivity contribution is 4.79. The predicted molar refractivity (Wildman–Crippen MR) is 57.9 cm³/mol. The molecule has 0 aliphatic rings. The lowest BCUT2D eigenvalue weighted by Gasteiger charge is -2.36. The second-order valence-corrected chi connectivity index (χ2v) is 5.15. The third kappa shape index (κ3) is 5.27. The summed E-state index contributed by atoms with van der Waals surface area (Å²) in [7, 11) is 2.12. The summed E-state index contributed by atoms with van der Waals surface area (Å²) in [5, 5.41) is 9.58. The van der Waals surface area contributed by atoms with Gasteiger partial charge in [-0.05, 0) is 47.6 Å². The first kappa shape index (κ1) is 12.9. The molecule has 0 aromatic carbocycles. The molecule has 0 unspecified atom stereocenters. The summed E-state index contributed by atoms with van der Waals surface area (Å²) in [4.78, 5) is 2.31. The molecule has 0 radical (unpaired) electrons. The minimum atomic E-state index is -0.544. The Balaban J connectivity index is 3.95. The van der Waals surface area contributed by atoms with Crippen molar-refractivity contribution in [3.8, 4) is 0 Å². The summed E-state index contributed by atoms with van der Waals surface area (Å²) >= 11 is 0. The number of hydrogen-bond donors (Lipinski definition) is 1. The minimum absolute atomic E-state index is 0.241. The molecule has 0 aliphatic carbocycles. The Labute approximate surface area is 82.9 Å². The molecule has 0 amide bonds. The number of nitrogens with zero attached hydrogens (tertiary/aromatic N) is 1. The van der Waals surface area contributed by atoms with Gasteiger partial charge >= 0.3 is 0 Å². The van der Waals surface area contributed by atoms with Crippen molar-refractivity contribution in [1.82, 2.24) is 4.90 Å². The van der Waals surface area contributed by atoms with Gasteiger partial charge in [0.2, 0.25) is 0 Å². The third-order valence-electron chi connectivity index (χ3n) is 2.96. The van der Waals surface area contributed by atoms with E-state index in [0.717, 1.165) is 19.4 Å². The van der Waals surface area contributed by atoms with Gasteiger partial charge in [-0.1, -0.05) is 6.92 Å². The summed E-state index contributed by atoms with van der Waals surface area (Å²) in [6, 6.07) is 0. The number of aliphatic hydroxyl groups is 1. The van der Waals surface area contributed by atoms with Gasteiger partial charge < -0.3 is 10.0 Å². The molecule has 0 heterocycles. The highest BCUT2D eigenvalue weighted by Crippen LogP contribution is 2.18. The summed E-state index contributed by atoms with van der Waals surface area (Å²) in [6.45, 7) is 11.3. The maximum atomic E-state index is 9.58. The zero-order valence-corrected chi connectivity index (χ0v) is 10.0. The number of rotatable bonds is 5. The van der Waals surface area contributed by atoms with Crippen molar-refractivity contribution in [3.05, 3.63) is 0 Å². The van der Waals surface area contributed by atoms with E-state index in [1.54, 1.807) is 0 Å². The van der Waals surface area contributed by atoms with Crippen LogP contribution in [0.25, 0.3) is 0 Å². The fourth-order valence-electron chi connectivity index (χ4n) is 1.01. The van der Waals surface area contributed by atoms with E-state index in [1.807, 2.05) is 13.8 Å². The van der Waals surface area contributed by atoms with Crippen LogP contribution in [0.2, 0.25) is 0 Å². The average molecular weight is 187 g/mol. The van der Waals surface area contributed by atoms with Crippen LogP contribution in [-0.2, 0) is 0 Å². The van der Waals surface area contributed by atoms with Crippen molar-refractivity contribution in [2.75, 3.05) is 13.6 Å². The fourth-order valence-corrected chi connectivity index (χ4v) is 1.01. The molecular formula is C11H25NO. The van der Waals surface area contributed by atoms with Crippen molar-refractivity contribution in [1.29, 1.82) is 0 Å². The lowest BCUT2D eigenvalue weighted by Crippen LogP contribution is -2.42. The van der Waals surface area contributed by atoms with Crippen LogP contribution in [0.3, 0.4) is 0 Å². The molecule has 0 atom stereocenters. The van der Waals surface area contributed by atoms with Crippen molar-refractivity contribution in [3.63, 3.8) is 0 Å². The van der Waals surface area contributed by atoms with Gasteiger partial charge in [0.05, 0.1) is 5.60 Å². The molecule has 1 N–H and O–H groups in total. The molecule has 0 aliphatic heterocycles. The summed E-state index contributed by atoms with van der Waals surface area (Å²) in [5.41, 5.74) is -0.302. The van der Waals surface area contributed by atoms with E-state index >= 15 is 0 Å². The molecule has 0 aromatic heterocycles. The minimum Gasteiger partial charge on any atom is -0.390 e. The van der Waals surface area contributed by atoms with Crippen LogP contribution in [0.5, 0.6) is 0 Å². The second kappa shape index (κ2) is 4.43. The lowest BCUT2D eigenvalue weighted by atomic mass is 9.98. The maximum absolute atomic E-state index is 9.58. The summed E-state index contributed by atoms with van der Waals surface area (Å²) in [6.07, 6.45) is 1.96. The quantitative estimate of drug-likeness (QED) is 0.713. The molecule has 0 fully saturated rings. The van der Waals surface area contributed by atoms with Gasteiger partial charge in [0.15, 0.2) is 0 Å². The molecule has 2 nitrogen and oxygen atoms in total. The Morgan fingerprint density at radius 3 is 1.92 bits per heavy atom. The van der Waals surface area contributed by atoms with Crippen LogP contribution in [0.4, 0.5) is 0 Å². The molecule has 0 saturated heterocycles. The molecule has 0 bridgehead atoms. The van der Waals surface area contributed by atoms with E-state index in [0.29, 0.717) is 0 Å². The van der Waals surface area contributed by atoms with Crippen molar-refractivity contribution in [2.24, 2.45) is 0 Å². The molecule has 0 aromatic rings. The Morgan fingerprint density at radius 1 is 1.15 bits per heavy atom. The van der Waals surface area contributed by atoms with Crippen molar-refractivity contribution in [2.45, 2.75) is 58.6 Å². The first-order valence-corrected chi connectivity index (χ1v) is 5.12. The SMILES string of the molecule is CCC(C)(C)N(C)CCC(C)(C)O. The van der Waals surface area contributed by atoms with Crippen LogP contribution in [0.15, 0.2) is 0 Å². The first-order chi connectivity index (χ1) is 5.69. The van der Waals surface area contributed by atoms with Crippen molar-refractivity contribution < 1.29 is 5.11 Å². The Hall–Kier alpha value is -0.0800. The van der Waals surface area contributed by atoms with Gasteiger partial charge in [-0.15, -0.1) is 0 Å². The van der Waals surface area contributed by atoms with Gasteiger partial charge in [0, 0.05) is 12.1 Å². The molecule has 0 rings (SSSR count). The average Bonchev–Trinajstić information content (AvgIpc) is 1.98. The monoisotopic (exact) mass is 187 g/mol. The third-order valence-corrected chi connectivity index (χ3v) is 2.96. The van der Waals surface area contributed by atoms with Gasteiger partial charge in [0.1, 0.15) is 0 Å². The first-order valence-electron chi connectivity index (χ1n) is 5.12. The van der Waals surface area contributed by atoms with Crippen LogP contribution in [0.1, 0.15) is 47.5 Å². The topological polar surface area (TPSA) is 23.5 Å². The van der Waals surface area contributed by atoms with Crippen LogP contribution < -0.4 is 0 Å². The molecule has 2 heteroatoms. The second-order valence-electron chi connectivity index (χ2n) is 5.15. The maximum Gasteiger partial charge on any atom is 0.0603 e. The molecule has 0 saturated carbocycles. The van der Waals surface area contributed by atoms with E-state index in [-0.39, 0.29) is 5.54 Å². The predicted octanol–water partition coefficient (Wildman–Crippen LogP) is 2.27. The van der Waals surface area contributed by atoms with Crippen LogP contribution >= 0.6 is 0 Å². The van der Waals surface area contributed by atoms with Crippen LogP contribution in [0, 0.1) is 0 Å². The normalized spacial score (nSPS) is 13.8. The molecule has 0 spiro atoms. The molecule has 80 valence electrons. The smallest absolute Gasteiger partial charge is 0.0603 e. The van der Waals surface area contributed by atoms with Crippen molar-refractivity contribution >= 4 is 0 Å². The molecular weight excluding hydrogens is 162 g/mol. The lowest BCUT2D eigenvalue weighted by molar-refractivity contribution is 0.0449. The standard InChI is InChI=1S/C11H25NO/c1-7-10(2,3)12(6)9-8-11(4,5)13/h13H,7-9H2,1-6H3. The highest BCUT2D eigenvalue weighted by atomic mass is 16.3. The van der Waals surface area contributed by atoms with E-state index in [9.17, 15) is 5.11 Å². The summed E-state index contributed by atoms with van der Waals surface area (Å²) in [5.74, 6) is 0. The highest BCUT2D eigenvalue weighted by Gasteiger charge is 2.22. The zero-order chi connectivity index (χ0) is 10.7. The fraction of sp³-hybridized carbons (Fsp3) is 1.00. The molecule has 13 heavy (non-hydrogen) atoms. The Morgan fingerprint density at radius 2 is 1.62 bits per heavy atom. The summed E-state index contributed by atoms with van der Waals surface area (Å²) < 4.78 is 0. The van der Waals surface area contributed by atoms with E-state index in [4.69, 9.17) is 0 Å². The van der Waals surface area contributed by atoms with E-state index < -0.39 is 5.60 Å². The van der Waals surface area contributed by atoms with Crippen LogP contribution in [-0.4, -0.2) is 34.7 Å².